The van der Waals surface area contributed by atoms with E-state index in [1.807, 2.05) is 66.7 Å². The van der Waals surface area contributed by atoms with E-state index in [0.29, 0.717) is 0 Å². The predicted octanol–water partition coefficient (Wildman–Crippen LogP) is 4.07. The smallest absolute Gasteiger partial charge is 0.150 e. The van der Waals surface area contributed by atoms with Crippen LogP contribution in [-0.2, 0) is 5.41 Å². The van der Waals surface area contributed by atoms with Crippen molar-refractivity contribution in [2.75, 3.05) is 12.4 Å². The highest BCUT2D eigenvalue weighted by atomic mass is 16.5. The quantitative estimate of drug-likeness (QED) is 0.788. The number of benzene rings is 2. The lowest BCUT2D eigenvalue weighted by molar-refractivity contribution is 0.413. The Labute approximate surface area is 146 Å². The van der Waals surface area contributed by atoms with Crippen LogP contribution in [0.5, 0.6) is 5.75 Å². The second-order valence-electron chi connectivity index (χ2n) is 6.04. The highest BCUT2D eigenvalue weighted by Gasteiger charge is 2.51. The molecule has 0 amide bonds. The molecular weight excluding hydrogens is 310 g/mol. The summed E-state index contributed by atoms with van der Waals surface area (Å²) in [7, 11) is 1.65. The van der Waals surface area contributed by atoms with Gasteiger partial charge in [-0.25, -0.2) is 0 Å². The lowest BCUT2D eigenvalue weighted by Crippen LogP contribution is -2.32. The number of aromatic nitrogens is 1. The van der Waals surface area contributed by atoms with Gasteiger partial charge in [0.1, 0.15) is 5.75 Å². The maximum absolute atomic E-state index is 10.3. The Morgan fingerprint density at radius 3 is 2.68 bits per heavy atom. The minimum atomic E-state index is -0.899. The molecule has 0 fully saturated rings. The van der Waals surface area contributed by atoms with Gasteiger partial charge in [-0.05, 0) is 35.4 Å². The fraction of sp³-hybridized carbons (Fsp3) is 0.143. The molecule has 4 rings (SSSR count). The minimum absolute atomic E-state index is 0.250. The van der Waals surface area contributed by atoms with Gasteiger partial charge in [0, 0.05) is 6.20 Å². The number of hydrogen-bond acceptors (Lipinski definition) is 4. The molecule has 2 heterocycles. The van der Waals surface area contributed by atoms with Gasteiger partial charge in [0.15, 0.2) is 5.41 Å². The Morgan fingerprint density at radius 2 is 1.92 bits per heavy atom. The molecule has 2 atom stereocenters. The van der Waals surface area contributed by atoms with Crippen LogP contribution in [0.25, 0.3) is 0 Å². The molecule has 0 bridgehead atoms. The third kappa shape index (κ3) is 2.25. The van der Waals surface area contributed by atoms with Crippen molar-refractivity contribution < 1.29 is 4.74 Å². The first kappa shape index (κ1) is 15.2. The molecule has 122 valence electrons. The fourth-order valence-electron chi connectivity index (χ4n) is 3.58. The van der Waals surface area contributed by atoms with E-state index in [0.717, 1.165) is 28.3 Å². The van der Waals surface area contributed by atoms with Gasteiger partial charge in [-0.1, -0.05) is 42.5 Å². The second-order valence-corrected chi connectivity index (χ2v) is 6.04. The lowest BCUT2D eigenvalue weighted by Gasteiger charge is -2.29. The summed E-state index contributed by atoms with van der Waals surface area (Å²) in [5, 5.41) is 13.8. The van der Waals surface area contributed by atoms with Gasteiger partial charge in [0.05, 0.1) is 30.6 Å². The van der Waals surface area contributed by atoms with Gasteiger partial charge in [-0.3, -0.25) is 4.98 Å². The molecule has 0 saturated carbocycles. The van der Waals surface area contributed by atoms with E-state index in [1.54, 1.807) is 13.3 Å². The Hall–Kier alpha value is -3.32. The summed E-state index contributed by atoms with van der Waals surface area (Å²) >= 11 is 0. The van der Waals surface area contributed by atoms with Crippen molar-refractivity contribution in [3.8, 4) is 11.8 Å². The number of nitriles is 1. The lowest BCUT2D eigenvalue weighted by atomic mass is 9.72. The number of rotatable bonds is 3. The van der Waals surface area contributed by atoms with E-state index in [-0.39, 0.29) is 6.04 Å². The number of nitrogens with one attached hydrogen (secondary N) is 1. The molecule has 1 N–H and O–H groups in total. The van der Waals surface area contributed by atoms with Crippen molar-refractivity contribution in [2.45, 2.75) is 11.5 Å². The van der Waals surface area contributed by atoms with Crippen LogP contribution in [-0.4, -0.2) is 12.1 Å². The van der Waals surface area contributed by atoms with Gasteiger partial charge < -0.3 is 10.1 Å². The zero-order valence-corrected chi connectivity index (χ0v) is 13.8. The first-order chi connectivity index (χ1) is 12.3. The summed E-state index contributed by atoms with van der Waals surface area (Å²) in [5.41, 5.74) is 2.67. The van der Waals surface area contributed by atoms with Crippen LogP contribution in [0.15, 0.2) is 72.9 Å². The topological polar surface area (TPSA) is 57.9 Å². The molecular formula is C21H17N3O. The van der Waals surface area contributed by atoms with Gasteiger partial charge in [-0.15, -0.1) is 0 Å². The minimum Gasteiger partial charge on any atom is -0.497 e. The van der Waals surface area contributed by atoms with Crippen molar-refractivity contribution >= 4 is 5.69 Å². The van der Waals surface area contributed by atoms with Crippen LogP contribution in [0.2, 0.25) is 0 Å². The van der Waals surface area contributed by atoms with Crippen LogP contribution in [0, 0.1) is 11.3 Å². The Morgan fingerprint density at radius 1 is 1.08 bits per heavy atom. The average molecular weight is 327 g/mol. The molecule has 0 radical (unpaired) electrons. The first-order valence-electron chi connectivity index (χ1n) is 8.12. The number of fused-ring (bicyclic) bond motifs is 1. The van der Waals surface area contributed by atoms with E-state index in [4.69, 9.17) is 4.74 Å². The maximum atomic E-state index is 10.3. The number of hydrogen-bond donors (Lipinski definition) is 1. The summed E-state index contributed by atoms with van der Waals surface area (Å²) in [4.78, 5) is 4.56. The van der Waals surface area contributed by atoms with Crippen LogP contribution >= 0.6 is 0 Å². The summed E-state index contributed by atoms with van der Waals surface area (Å²) in [6, 6.07) is 23.8. The zero-order valence-electron chi connectivity index (χ0n) is 13.8. The molecule has 1 aliphatic rings. The van der Waals surface area contributed by atoms with Crippen molar-refractivity contribution in [2.24, 2.45) is 0 Å². The monoisotopic (exact) mass is 327 g/mol. The average Bonchev–Trinajstić information content (AvgIpc) is 3.04. The molecule has 0 spiro atoms. The number of pyridine rings is 1. The predicted molar refractivity (Wildman–Crippen MR) is 96.4 cm³/mol. The molecule has 0 unspecified atom stereocenters. The molecule has 3 aromatic rings. The van der Waals surface area contributed by atoms with Gasteiger partial charge >= 0.3 is 0 Å². The van der Waals surface area contributed by atoms with Crippen molar-refractivity contribution in [3.05, 3.63) is 89.7 Å². The summed E-state index contributed by atoms with van der Waals surface area (Å²) in [6.07, 6.45) is 1.74. The first-order valence-corrected chi connectivity index (χ1v) is 8.12. The summed E-state index contributed by atoms with van der Waals surface area (Å²) < 4.78 is 5.37. The molecule has 4 nitrogen and oxygen atoms in total. The number of methoxy groups -OCH3 is 1. The third-order valence-electron chi connectivity index (χ3n) is 4.75. The SMILES string of the molecule is COc1cccc([C@H]2Nc3cccnc3[C@]2(C#N)c2ccccc2)c1. The number of nitrogens with zero attached hydrogens (tertiary/aromatic N) is 2. The molecule has 0 saturated heterocycles. The van der Waals surface area contributed by atoms with E-state index >= 15 is 0 Å². The molecule has 1 aliphatic heterocycles. The zero-order chi connectivity index (χ0) is 17.3. The van der Waals surface area contributed by atoms with Crippen molar-refractivity contribution in [1.82, 2.24) is 4.98 Å². The second kappa shape index (κ2) is 5.95. The normalized spacial score (nSPS) is 21.0. The van der Waals surface area contributed by atoms with Gasteiger partial charge in [0.2, 0.25) is 0 Å². The van der Waals surface area contributed by atoms with Crippen molar-refractivity contribution in [3.63, 3.8) is 0 Å². The third-order valence-corrected chi connectivity index (χ3v) is 4.75. The Balaban J connectivity index is 1.97. The Kier molecular flexibility index (Phi) is 3.62. The Bertz CT molecular complexity index is 949. The summed E-state index contributed by atoms with van der Waals surface area (Å²) in [5.74, 6) is 0.767. The van der Waals surface area contributed by atoms with E-state index in [1.165, 1.54) is 0 Å². The van der Waals surface area contributed by atoms with Crippen LogP contribution in [0.1, 0.15) is 22.9 Å². The highest BCUT2D eigenvalue weighted by Crippen LogP contribution is 2.51. The number of anilines is 1. The van der Waals surface area contributed by atoms with Gasteiger partial charge in [0.25, 0.3) is 0 Å². The van der Waals surface area contributed by atoms with Crippen LogP contribution in [0.3, 0.4) is 0 Å². The molecule has 2 aromatic carbocycles. The van der Waals surface area contributed by atoms with E-state index in [2.05, 4.69) is 16.4 Å². The molecule has 1 aromatic heterocycles. The van der Waals surface area contributed by atoms with Crippen molar-refractivity contribution in [1.29, 1.82) is 5.26 Å². The van der Waals surface area contributed by atoms with E-state index in [9.17, 15) is 5.26 Å². The molecule has 0 aliphatic carbocycles. The van der Waals surface area contributed by atoms with Gasteiger partial charge in [-0.2, -0.15) is 5.26 Å². The summed E-state index contributed by atoms with van der Waals surface area (Å²) in [6.45, 7) is 0. The maximum Gasteiger partial charge on any atom is 0.150 e. The largest absolute Gasteiger partial charge is 0.497 e. The molecule has 4 heteroatoms. The fourth-order valence-corrected chi connectivity index (χ4v) is 3.58. The molecule has 25 heavy (non-hydrogen) atoms. The standard InChI is InChI=1S/C21H17N3O/c1-25-17-10-5-7-15(13-17)19-21(14-22,16-8-3-2-4-9-16)20-18(24-19)11-6-12-23-20/h2-13,19,24H,1H3/t19-,21-/m1/s1. The number of ether oxygens (including phenoxy) is 1. The van der Waals surface area contributed by atoms with Crippen LogP contribution in [0.4, 0.5) is 5.69 Å². The van der Waals surface area contributed by atoms with E-state index < -0.39 is 5.41 Å². The highest BCUT2D eigenvalue weighted by molar-refractivity contribution is 5.68. The van der Waals surface area contributed by atoms with Crippen LogP contribution < -0.4 is 10.1 Å².